The third-order valence-electron chi connectivity index (χ3n) is 4.91. The molecule has 1 fully saturated rings. The molecule has 2 aromatic carbocycles. The fourth-order valence-electron chi connectivity index (χ4n) is 4.22. The first-order valence-electron chi connectivity index (χ1n) is 7.74. The van der Waals surface area contributed by atoms with Gasteiger partial charge in [-0.05, 0) is 16.7 Å². The topological polar surface area (TPSA) is 37.3 Å². The van der Waals surface area contributed by atoms with E-state index in [9.17, 15) is 9.90 Å². The molecular weight excluding hydrogens is 288 g/mol. The summed E-state index contributed by atoms with van der Waals surface area (Å²) in [7, 11) is -1.63. The van der Waals surface area contributed by atoms with Crippen LogP contribution >= 0.6 is 0 Å². The molecule has 2 nitrogen and oxygen atoms in total. The lowest BCUT2D eigenvalue weighted by Gasteiger charge is -2.24. The maximum atomic E-state index is 12.0. The third-order valence-corrected chi connectivity index (χ3v) is 7.56. The van der Waals surface area contributed by atoms with E-state index in [2.05, 4.69) is 43.9 Å². The Morgan fingerprint density at radius 2 is 1.32 bits per heavy atom. The Morgan fingerprint density at radius 1 is 0.909 bits per heavy atom. The summed E-state index contributed by atoms with van der Waals surface area (Å²) in [6.45, 7) is 6.84. The molecular formula is C19H22O2Si. The van der Waals surface area contributed by atoms with Crippen molar-refractivity contribution in [3.63, 3.8) is 0 Å². The number of carboxylic acids is 1. The molecule has 2 atom stereocenters. The SMILES string of the molecule is C[Si](C)(C)[C@H]1[C@H](C(=O)O)C1(c1ccccc1)c1ccccc1. The fraction of sp³-hybridized carbons (Fsp3) is 0.316. The van der Waals surface area contributed by atoms with Crippen LogP contribution in [0.25, 0.3) is 0 Å². The minimum Gasteiger partial charge on any atom is -0.481 e. The quantitative estimate of drug-likeness (QED) is 0.850. The fourth-order valence-corrected chi connectivity index (χ4v) is 7.41. The Balaban J connectivity index is 2.24. The zero-order chi connectivity index (χ0) is 16.0. The van der Waals surface area contributed by atoms with Crippen molar-refractivity contribution in [3.05, 3.63) is 71.8 Å². The number of aliphatic carboxylic acids is 1. The van der Waals surface area contributed by atoms with Gasteiger partial charge in [-0.2, -0.15) is 0 Å². The van der Waals surface area contributed by atoms with E-state index in [4.69, 9.17) is 0 Å². The molecule has 22 heavy (non-hydrogen) atoms. The summed E-state index contributed by atoms with van der Waals surface area (Å²) in [4.78, 5) is 12.0. The van der Waals surface area contributed by atoms with Crippen LogP contribution in [-0.4, -0.2) is 19.1 Å². The van der Waals surface area contributed by atoms with Crippen molar-refractivity contribution in [1.29, 1.82) is 0 Å². The Labute approximate surface area is 132 Å². The lowest BCUT2D eigenvalue weighted by molar-refractivity contribution is -0.138. The van der Waals surface area contributed by atoms with Crippen LogP contribution in [0.1, 0.15) is 11.1 Å². The lowest BCUT2D eigenvalue weighted by Crippen LogP contribution is -2.26. The third kappa shape index (κ3) is 2.12. The van der Waals surface area contributed by atoms with E-state index in [-0.39, 0.29) is 16.9 Å². The molecule has 0 heterocycles. The minimum atomic E-state index is -1.63. The van der Waals surface area contributed by atoms with Crippen LogP contribution in [0.3, 0.4) is 0 Å². The lowest BCUT2D eigenvalue weighted by atomic mass is 9.85. The van der Waals surface area contributed by atoms with E-state index in [1.807, 2.05) is 36.4 Å². The Bertz CT molecular complexity index is 634. The summed E-state index contributed by atoms with van der Waals surface area (Å²) >= 11 is 0. The van der Waals surface area contributed by atoms with Gasteiger partial charge in [0.05, 0.1) is 5.92 Å². The average Bonchev–Trinajstić information content (AvgIpc) is 3.21. The Kier molecular flexibility index (Phi) is 3.48. The molecule has 0 bridgehead atoms. The largest absolute Gasteiger partial charge is 0.481 e. The van der Waals surface area contributed by atoms with E-state index in [0.717, 1.165) is 11.1 Å². The van der Waals surface area contributed by atoms with Crippen molar-refractivity contribution in [1.82, 2.24) is 0 Å². The van der Waals surface area contributed by atoms with Crippen molar-refractivity contribution < 1.29 is 9.90 Å². The summed E-state index contributed by atoms with van der Waals surface area (Å²) < 4.78 is 0. The van der Waals surface area contributed by atoms with Crippen molar-refractivity contribution >= 4 is 14.0 Å². The van der Waals surface area contributed by atoms with Crippen LogP contribution in [0.4, 0.5) is 0 Å². The van der Waals surface area contributed by atoms with Crippen molar-refractivity contribution in [2.24, 2.45) is 5.92 Å². The molecule has 1 N–H and O–H groups in total. The number of benzene rings is 2. The van der Waals surface area contributed by atoms with Gasteiger partial charge in [0.2, 0.25) is 0 Å². The molecule has 0 amide bonds. The first-order valence-corrected chi connectivity index (χ1v) is 11.3. The second-order valence-electron chi connectivity index (χ2n) is 7.26. The van der Waals surface area contributed by atoms with Gasteiger partial charge in [-0.3, -0.25) is 4.79 Å². The maximum absolute atomic E-state index is 12.0. The monoisotopic (exact) mass is 310 g/mol. The molecule has 1 aliphatic rings. The van der Waals surface area contributed by atoms with Gasteiger partial charge >= 0.3 is 5.97 Å². The van der Waals surface area contributed by atoms with Crippen molar-refractivity contribution in [2.45, 2.75) is 30.6 Å². The van der Waals surface area contributed by atoms with Crippen LogP contribution in [0.15, 0.2) is 60.7 Å². The van der Waals surface area contributed by atoms with Crippen LogP contribution in [0.5, 0.6) is 0 Å². The van der Waals surface area contributed by atoms with Gasteiger partial charge in [0.1, 0.15) is 0 Å². The highest BCUT2D eigenvalue weighted by Gasteiger charge is 2.73. The van der Waals surface area contributed by atoms with Gasteiger partial charge in [-0.25, -0.2) is 0 Å². The van der Waals surface area contributed by atoms with Crippen LogP contribution in [0.2, 0.25) is 25.2 Å². The molecule has 2 aromatic rings. The molecule has 0 radical (unpaired) electrons. The van der Waals surface area contributed by atoms with E-state index in [0.29, 0.717) is 0 Å². The molecule has 1 aliphatic carbocycles. The predicted octanol–water partition coefficient (Wildman–Crippen LogP) is 4.40. The molecule has 0 unspecified atom stereocenters. The van der Waals surface area contributed by atoms with E-state index in [1.54, 1.807) is 0 Å². The van der Waals surface area contributed by atoms with E-state index < -0.39 is 14.0 Å². The Morgan fingerprint density at radius 3 is 1.59 bits per heavy atom. The van der Waals surface area contributed by atoms with Gasteiger partial charge < -0.3 is 5.11 Å². The smallest absolute Gasteiger partial charge is 0.307 e. The summed E-state index contributed by atoms with van der Waals surface area (Å²) in [5, 5.41) is 9.87. The molecule has 0 saturated heterocycles. The molecule has 0 spiro atoms. The number of carboxylic acid groups (broad SMARTS) is 1. The highest BCUT2D eigenvalue weighted by molar-refractivity contribution is 6.79. The highest BCUT2D eigenvalue weighted by atomic mass is 28.3. The highest BCUT2D eigenvalue weighted by Crippen LogP contribution is 2.71. The summed E-state index contributed by atoms with van der Waals surface area (Å²) in [6.07, 6.45) is 0. The van der Waals surface area contributed by atoms with Crippen LogP contribution < -0.4 is 0 Å². The maximum Gasteiger partial charge on any atom is 0.307 e. The summed E-state index contributed by atoms with van der Waals surface area (Å²) in [5.41, 5.74) is 2.14. The number of hydrogen-bond acceptors (Lipinski definition) is 1. The predicted molar refractivity (Wildman–Crippen MR) is 91.9 cm³/mol. The molecule has 3 rings (SSSR count). The van der Waals surface area contributed by atoms with Crippen molar-refractivity contribution in [2.75, 3.05) is 0 Å². The number of carbonyl (C=O) groups is 1. The second-order valence-corrected chi connectivity index (χ2v) is 12.6. The van der Waals surface area contributed by atoms with Gasteiger partial charge in [0.15, 0.2) is 0 Å². The van der Waals surface area contributed by atoms with Gasteiger partial charge in [0, 0.05) is 13.5 Å². The minimum absolute atomic E-state index is 0.224. The molecule has 0 aliphatic heterocycles. The first kappa shape index (κ1) is 15.0. The Hall–Kier alpha value is -1.87. The number of rotatable bonds is 4. The van der Waals surface area contributed by atoms with E-state index >= 15 is 0 Å². The number of hydrogen-bond donors (Lipinski definition) is 1. The van der Waals surface area contributed by atoms with Gasteiger partial charge in [-0.1, -0.05) is 80.3 Å². The molecule has 3 heteroatoms. The average molecular weight is 310 g/mol. The zero-order valence-corrected chi connectivity index (χ0v) is 14.3. The molecule has 1 saturated carbocycles. The first-order chi connectivity index (χ1) is 10.4. The van der Waals surface area contributed by atoms with Crippen molar-refractivity contribution in [3.8, 4) is 0 Å². The van der Waals surface area contributed by atoms with E-state index in [1.165, 1.54) is 0 Å². The zero-order valence-electron chi connectivity index (χ0n) is 13.3. The molecule has 0 aromatic heterocycles. The van der Waals surface area contributed by atoms with Crippen LogP contribution in [0, 0.1) is 5.92 Å². The van der Waals surface area contributed by atoms with Gasteiger partial charge in [-0.15, -0.1) is 0 Å². The summed E-state index contributed by atoms with van der Waals surface area (Å²) in [5.74, 6) is -0.982. The second kappa shape index (κ2) is 5.09. The normalized spacial score (nSPS) is 23.0. The van der Waals surface area contributed by atoms with Gasteiger partial charge in [0.25, 0.3) is 0 Å². The summed E-state index contributed by atoms with van der Waals surface area (Å²) in [6, 6.07) is 20.4. The molecule has 114 valence electrons. The standard InChI is InChI=1S/C19H22O2Si/c1-22(2,3)17-16(18(20)21)19(17,14-10-6-4-7-11-14)15-12-8-5-9-13-15/h4-13,16-17H,1-3H3,(H,20,21)/t16-,17+/m1/s1. The van der Waals surface area contributed by atoms with Crippen LogP contribution in [-0.2, 0) is 10.2 Å².